The fourth-order valence-corrected chi connectivity index (χ4v) is 1.93. The summed E-state index contributed by atoms with van der Waals surface area (Å²) in [5.74, 6) is 0. The molecular weight excluding hydrogens is 128 g/mol. The molecule has 1 rings (SSSR count). The van der Waals surface area contributed by atoms with E-state index in [1.54, 1.807) is 0 Å². The largest absolute Gasteiger partial charge is 0.378 e. The highest BCUT2D eigenvalue weighted by Crippen LogP contribution is 2.09. The first-order valence-electron chi connectivity index (χ1n) is 3.41. The summed E-state index contributed by atoms with van der Waals surface area (Å²) in [4.78, 5) is 0. The standard InChI is InChI=1S/C7H12OSi/c1-2-9-7-5-3-4-6-8-7/h7,9H,1,3-6H2. The van der Waals surface area contributed by atoms with Gasteiger partial charge in [0.05, 0.1) is 14.9 Å². The molecule has 0 amide bonds. The zero-order valence-electron chi connectivity index (χ0n) is 5.60. The molecule has 1 aliphatic rings. The van der Waals surface area contributed by atoms with E-state index in [0.717, 1.165) is 6.61 Å². The van der Waals surface area contributed by atoms with Crippen molar-refractivity contribution in [1.29, 1.82) is 0 Å². The third kappa shape index (κ3) is 2.27. The van der Waals surface area contributed by atoms with E-state index in [1.807, 2.05) is 0 Å². The molecule has 2 heteroatoms. The Morgan fingerprint density at radius 3 is 3.00 bits per heavy atom. The molecular formula is C7H12OSi. The SMILES string of the molecule is C=C=[SiH]C1CCCCO1. The Kier molecular flexibility index (Phi) is 2.91. The molecule has 9 heavy (non-hydrogen) atoms. The van der Waals surface area contributed by atoms with Crippen molar-refractivity contribution < 1.29 is 4.74 Å². The Bertz CT molecular complexity index is 121. The molecule has 0 saturated carbocycles. The summed E-state index contributed by atoms with van der Waals surface area (Å²) in [5.41, 5.74) is 0.510. The van der Waals surface area contributed by atoms with Gasteiger partial charge in [0.25, 0.3) is 0 Å². The predicted molar refractivity (Wildman–Crippen MR) is 41.4 cm³/mol. The van der Waals surface area contributed by atoms with Gasteiger partial charge in [0, 0.05) is 6.61 Å². The van der Waals surface area contributed by atoms with E-state index in [0.29, 0.717) is 5.73 Å². The molecule has 0 spiro atoms. The van der Waals surface area contributed by atoms with E-state index >= 15 is 0 Å². The monoisotopic (exact) mass is 140 g/mol. The Labute approximate surface area is 58.2 Å². The van der Waals surface area contributed by atoms with E-state index in [2.05, 4.69) is 11.9 Å². The quantitative estimate of drug-likeness (QED) is 0.483. The summed E-state index contributed by atoms with van der Waals surface area (Å²) in [6.07, 6.45) is 3.81. The zero-order chi connectivity index (χ0) is 6.53. The van der Waals surface area contributed by atoms with Crippen molar-refractivity contribution in [3.63, 3.8) is 0 Å². The van der Waals surface area contributed by atoms with Crippen LogP contribution in [-0.2, 0) is 4.74 Å². The van der Waals surface area contributed by atoms with E-state index in [4.69, 9.17) is 4.74 Å². The van der Waals surface area contributed by atoms with Crippen molar-refractivity contribution in [1.82, 2.24) is 0 Å². The summed E-state index contributed by atoms with van der Waals surface area (Å²) >= 11 is 0. The van der Waals surface area contributed by atoms with E-state index in [-0.39, 0.29) is 9.13 Å². The van der Waals surface area contributed by atoms with Gasteiger partial charge in [-0.2, -0.15) is 5.33 Å². The molecule has 0 aromatic carbocycles. The van der Waals surface area contributed by atoms with Crippen LogP contribution in [0, 0.1) is 0 Å². The Morgan fingerprint density at radius 2 is 2.44 bits per heavy atom. The van der Waals surface area contributed by atoms with Crippen LogP contribution >= 0.6 is 0 Å². The summed E-state index contributed by atoms with van der Waals surface area (Å²) in [6.45, 7) is 4.54. The molecule has 1 atom stereocenters. The maximum atomic E-state index is 5.45. The van der Waals surface area contributed by atoms with Crippen LogP contribution in [0.3, 0.4) is 0 Å². The highest BCUT2D eigenvalue weighted by Gasteiger charge is 2.09. The lowest BCUT2D eigenvalue weighted by Gasteiger charge is -2.17. The topological polar surface area (TPSA) is 9.23 Å². The molecule has 0 aromatic heterocycles. The zero-order valence-corrected chi connectivity index (χ0v) is 6.75. The summed E-state index contributed by atoms with van der Waals surface area (Å²) in [7, 11) is 0.237. The van der Waals surface area contributed by atoms with Crippen molar-refractivity contribution >= 4 is 14.5 Å². The second-order valence-electron chi connectivity index (χ2n) is 2.28. The number of ether oxygens (including phenoxy) is 1. The second-order valence-corrected chi connectivity index (χ2v) is 3.76. The van der Waals surface area contributed by atoms with Crippen molar-refractivity contribution in [3.8, 4) is 0 Å². The highest BCUT2D eigenvalue weighted by molar-refractivity contribution is 6.45. The minimum Gasteiger partial charge on any atom is -0.378 e. The van der Waals surface area contributed by atoms with Crippen LogP contribution in [0.15, 0.2) is 6.58 Å². The summed E-state index contributed by atoms with van der Waals surface area (Å²) in [5, 5.41) is 2.95. The average Bonchev–Trinajstić information content (AvgIpc) is 1.91. The fourth-order valence-electron chi connectivity index (χ4n) is 1.03. The van der Waals surface area contributed by atoms with Gasteiger partial charge in [-0.05, 0) is 19.3 Å². The van der Waals surface area contributed by atoms with Gasteiger partial charge in [0.2, 0.25) is 0 Å². The number of hydrogen-bond acceptors (Lipinski definition) is 1. The van der Waals surface area contributed by atoms with E-state index < -0.39 is 0 Å². The third-order valence-electron chi connectivity index (χ3n) is 1.52. The van der Waals surface area contributed by atoms with Crippen molar-refractivity contribution in [2.24, 2.45) is 0 Å². The molecule has 50 valence electrons. The van der Waals surface area contributed by atoms with Gasteiger partial charge in [0.1, 0.15) is 0 Å². The summed E-state index contributed by atoms with van der Waals surface area (Å²) < 4.78 is 5.45. The molecule has 0 aliphatic carbocycles. The van der Waals surface area contributed by atoms with Crippen LogP contribution in [-0.4, -0.2) is 26.8 Å². The molecule has 1 nitrogen and oxygen atoms in total. The number of rotatable bonds is 1. The average molecular weight is 140 g/mol. The van der Waals surface area contributed by atoms with Crippen LogP contribution < -0.4 is 0 Å². The van der Waals surface area contributed by atoms with Crippen molar-refractivity contribution in [3.05, 3.63) is 6.58 Å². The van der Waals surface area contributed by atoms with Crippen LogP contribution in [0.5, 0.6) is 0 Å². The fraction of sp³-hybridized carbons (Fsp3) is 0.714. The van der Waals surface area contributed by atoms with Gasteiger partial charge in [-0.1, -0.05) is 6.58 Å². The Balaban J connectivity index is 2.31. The number of hydrogen-bond donors (Lipinski definition) is 0. The maximum Gasteiger partial charge on any atom is 0.0823 e. The lowest BCUT2D eigenvalue weighted by Crippen LogP contribution is -2.21. The molecule has 0 bridgehead atoms. The first-order valence-corrected chi connectivity index (χ1v) is 4.65. The minimum atomic E-state index is 0.237. The van der Waals surface area contributed by atoms with Gasteiger partial charge in [-0.25, -0.2) is 0 Å². The third-order valence-corrected chi connectivity index (χ3v) is 2.65. The summed E-state index contributed by atoms with van der Waals surface area (Å²) in [6, 6.07) is 0. The molecule has 1 fully saturated rings. The van der Waals surface area contributed by atoms with Gasteiger partial charge in [-0.3, -0.25) is 0 Å². The lowest BCUT2D eigenvalue weighted by molar-refractivity contribution is 0.0670. The minimum absolute atomic E-state index is 0.237. The molecule has 0 N–H and O–H groups in total. The maximum absolute atomic E-state index is 5.45. The normalized spacial score (nSPS) is 26.9. The lowest BCUT2D eigenvalue weighted by atomic mass is 10.2. The Hall–Kier alpha value is -0.173. The first-order chi connectivity index (χ1) is 4.43. The van der Waals surface area contributed by atoms with Gasteiger partial charge >= 0.3 is 0 Å². The Morgan fingerprint density at radius 1 is 1.56 bits per heavy atom. The van der Waals surface area contributed by atoms with Gasteiger partial charge in [0.15, 0.2) is 0 Å². The van der Waals surface area contributed by atoms with Crippen molar-refractivity contribution in [2.45, 2.75) is 25.0 Å². The highest BCUT2D eigenvalue weighted by atomic mass is 28.2. The van der Waals surface area contributed by atoms with Crippen LogP contribution in [0.2, 0.25) is 0 Å². The van der Waals surface area contributed by atoms with E-state index in [1.165, 1.54) is 19.3 Å². The second kappa shape index (κ2) is 3.78. The van der Waals surface area contributed by atoms with Gasteiger partial charge < -0.3 is 4.74 Å². The van der Waals surface area contributed by atoms with E-state index in [9.17, 15) is 0 Å². The van der Waals surface area contributed by atoms with Crippen molar-refractivity contribution in [2.75, 3.05) is 6.61 Å². The molecule has 0 radical (unpaired) electrons. The van der Waals surface area contributed by atoms with Crippen LogP contribution in [0.1, 0.15) is 19.3 Å². The van der Waals surface area contributed by atoms with Crippen LogP contribution in [0.4, 0.5) is 0 Å². The molecule has 1 heterocycles. The molecule has 1 saturated heterocycles. The molecule has 1 aliphatic heterocycles. The van der Waals surface area contributed by atoms with Gasteiger partial charge in [-0.15, -0.1) is 0 Å². The smallest absolute Gasteiger partial charge is 0.0823 e. The molecule has 1 unspecified atom stereocenters. The van der Waals surface area contributed by atoms with Crippen LogP contribution in [0.25, 0.3) is 0 Å². The predicted octanol–water partition coefficient (Wildman–Crippen LogP) is 0.537. The molecule has 0 aromatic rings. The first kappa shape index (κ1) is 6.94.